The quantitative estimate of drug-likeness (QED) is 0.467. The molecule has 0 saturated heterocycles. The van der Waals surface area contributed by atoms with Crippen molar-refractivity contribution in [1.29, 1.82) is 0 Å². The molecule has 0 aromatic heterocycles. The molecule has 1 aliphatic heterocycles. The Balaban J connectivity index is 1.40. The summed E-state index contributed by atoms with van der Waals surface area (Å²) in [6.45, 7) is -0.154. The van der Waals surface area contributed by atoms with E-state index in [1.807, 2.05) is 18.2 Å². The van der Waals surface area contributed by atoms with E-state index in [0.29, 0.717) is 22.9 Å². The van der Waals surface area contributed by atoms with E-state index in [1.54, 1.807) is 12.1 Å². The molecule has 1 heterocycles. The number of halogens is 2. The van der Waals surface area contributed by atoms with Crippen LogP contribution in [0.1, 0.15) is 22.3 Å². The number of nitrogens with one attached hydrogen (secondary N) is 1. The number of aryl methyl sites for hydroxylation is 1. The van der Waals surface area contributed by atoms with Crippen molar-refractivity contribution in [2.24, 2.45) is 0 Å². The Bertz CT molecular complexity index is 1340. The molecule has 176 valence electrons. The molecule has 4 rings (SSSR count). The van der Waals surface area contributed by atoms with Crippen LogP contribution < -0.4 is 9.62 Å². The second-order valence-corrected chi connectivity index (χ2v) is 10.3. The number of carbonyl (C=O) groups excluding carboxylic acids is 2. The highest BCUT2D eigenvalue weighted by molar-refractivity contribution is 7.92. The molecule has 34 heavy (non-hydrogen) atoms. The van der Waals surface area contributed by atoms with Crippen LogP contribution in [-0.2, 0) is 26.0 Å². The number of hydrogen-bond donors (Lipinski definition) is 1. The Labute approximate surface area is 207 Å². The summed E-state index contributed by atoms with van der Waals surface area (Å²) in [5.74, 6) is -1.34. The summed E-state index contributed by atoms with van der Waals surface area (Å²) in [7, 11) is -3.79. The number of para-hydroxylation sites is 1. The highest BCUT2D eigenvalue weighted by Crippen LogP contribution is 2.32. The number of hydrogen-bond acceptors (Lipinski definition) is 5. The summed E-state index contributed by atoms with van der Waals surface area (Å²) < 4.78 is 32.8. The summed E-state index contributed by atoms with van der Waals surface area (Å²) in [5.41, 5.74) is 2.11. The lowest BCUT2D eigenvalue weighted by Gasteiger charge is -2.30. The lowest BCUT2D eigenvalue weighted by Crippen LogP contribution is -2.35. The predicted molar refractivity (Wildman–Crippen MR) is 131 cm³/mol. The van der Waals surface area contributed by atoms with Gasteiger partial charge in [0.05, 0.1) is 26.9 Å². The predicted octanol–water partition coefficient (Wildman–Crippen LogP) is 4.93. The molecule has 0 spiro atoms. The third-order valence-electron chi connectivity index (χ3n) is 5.29. The first-order chi connectivity index (χ1) is 16.3. The molecule has 0 fully saturated rings. The first-order valence-corrected chi connectivity index (χ1v) is 12.6. The van der Waals surface area contributed by atoms with Gasteiger partial charge in [0, 0.05) is 11.6 Å². The number of benzene rings is 3. The van der Waals surface area contributed by atoms with E-state index in [4.69, 9.17) is 27.9 Å². The van der Waals surface area contributed by atoms with Gasteiger partial charge in [0.1, 0.15) is 0 Å². The van der Waals surface area contributed by atoms with Crippen molar-refractivity contribution in [1.82, 2.24) is 0 Å². The minimum absolute atomic E-state index is 0.0656. The van der Waals surface area contributed by atoms with Crippen LogP contribution in [0.25, 0.3) is 0 Å². The van der Waals surface area contributed by atoms with Gasteiger partial charge in [0.25, 0.3) is 15.9 Å². The highest BCUT2D eigenvalue weighted by Gasteiger charge is 2.29. The van der Waals surface area contributed by atoms with Crippen molar-refractivity contribution in [3.8, 4) is 0 Å². The molecule has 1 N–H and O–H groups in total. The zero-order valence-corrected chi connectivity index (χ0v) is 20.2. The molecule has 7 nitrogen and oxygen atoms in total. The number of rotatable bonds is 6. The van der Waals surface area contributed by atoms with Crippen LogP contribution in [0.2, 0.25) is 10.0 Å². The number of carbonyl (C=O) groups is 2. The van der Waals surface area contributed by atoms with Gasteiger partial charge in [0.2, 0.25) is 0 Å². The highest BCUT2D eigenvalue weighted by atomic mass is 35.5. The van der Waals surface area contributed by atoms with Crippen LogP contribution >= 0.6 is 23.2 Å². The summed E-state index contributed by atoms with van der Waals surface area (Å²) in [4.78, 5) is 24.5. The smallest absolute Gasteiger partial charge is 0.338 e. The molecular weight excluding hydrogens is 499 g/mol. The van der Waals surface area contributed by atoms with Crippen molar-refractivity contribution in [3.05, 3.63) is 87.9 Å². The largest absolute Gasteiger partial charge is 0.452 e. The zero-order chi connectivity index (χ0) is 24.3. The lowest BCUT2D eigenvalue weighted by atomic mass is 10.0. The Kier molecular flexibility index (Phi) is 7.11. The van der Waals surface area contributed by atoms with E-state index in [9.17, 15) is 18.0 Å². The van der Waals surface area contributed by atoms with E-state index in [1.165, 1.54) is 40.7 Å². The van der Waals surface area contributed by atoms with E-state index >= 15 is 0 Å². The van der Waals surface area contributed by atoms with Crippen LogP contribution in [0.5, 0.6) is 0 Å². The lowest BCUT2D eigenvalue weighted by molar-refractivity contribution is -0.119. The molecule has 0 saturated carbocycles. The summed E-state index contributed by atoms with van der Waals surface area (Å²) in [6.07, 6.45) is 1.55. The van der Waals surface area contributed by atoms with E-state index in [-0.39, 0.29) is 15.5 Å². The van der Waals surface area contributed by atoms with Crippen LogP contribution in [0.4, 0.5) is 11.4 Å². The number of anilines is 2. The minimum Gasteiger partial charge on any atom is -0.452 e. The molecular formula is C24H20Cl2N2O5S. The average molecular weight is 519 g/mol. The topological polar surface area (TPSA) is 92.8 Å². The van der Waals surface area contributed by atoms with Crippen LogP contribution in [0.3, 0.4) is 0 Å². The average Bonchev–Trinajstić information content (AvgIpc) is 2.84. The van der Waals surface area contributed by atoms with E-state index < -0.39 is 28.5 Å². The van der Waals surface area contributed by atoms with Gasteiger partial charge in [0.15, 0.2) is 6.61 Å². The number of amides is 1. The molecule has 10 heteroatoms. The fourth-order valence-corrected chi connectivity index (χ4v) is 5.63. The van der Waals surface area contributed by atoms with Gasteiger partial charge in [-0.15, -0.1) is 0 Å². The third-order valence-corrected chi connectivity index (χ3v) is 7.66. The SMILES string of the molecule is O=C(COC(=O)c1ccc(S(=O)(=O)N2CCCc3ccccc32)cc1)Nc1ccc(Cl)cc1Cl. The Morgan fingerprint density at radius 3 is 2.47 bits per heavy atom. The standard InChI is InChI=1S/C24H20Cl2N2O5S/c25-18-9-12-21(20(26)14-18)27-23(29)15-33-24(30)17-7-10-19(11-8-17)34(31,32)28-13-3-5-16-4-1-2-6-22(16)28/h1-2,4,6-12,14H,3,5,13,15H2,(H,27,29). The summed E-state index contributed by atoms with van der Waals surface area (Å²) in [5, 5.41) is 3.20. The van der Waals surface area contributed by atoms with Crippen molar-refractivity contribution in [2.45, 2.75) is 17.7 Å². The number of sulfonamides is 1. The number of ether oxygens (including phenoxy) is 1. The molecule has 0 atom stereocenters. The van der Waals surface area contributed by atoms with Crippen LogP contribution in [0.15, 0.2) is 71.6 Å². The molecule has 1 aliphatic rings. The van der Waals surface area contributed by atoms with Crippen molar-refractivity contribution >= 4 is 56.5 Å². The maximum atomic E-state index is 13.2. The first-order valence-electron chi connectivity index (χ1n) is 10.4. The van der Waals surface area contributed by atoms with E-state index in [2.05, 4.69) is 5.32 Å². The molecule has 0 aliphatic carbocycles. The van der Waals surface area contributed by atoms with Crippen LogP contribution in [0, 0.1) is 0 Å². The second-order valence-electron chi connectivity index (χ2n) is 7.58. The number of nitrogens with zero attached hydrogens (tertiary/aromatic N) is 1. The normalized spacial score (nSPS) is 13.2. The molecule has 3 aromatic rings. The summed E-state index contributed by atoms with van der Waals surface area (Å²) in [6, 6.07) is 17.4. The summed E-state index contributed by atoms with van der Waals surface area (Å²) >= 11 is 11.8. The van der Waals surface area contributed by atoms with Gasteiger partial charge in [-0.2, -0.15) is 0 Å². The fourth-order valence-electron chi connectivity index (χ4n) is 3.63. The molecule has 0 bridgehead atoms. The second kappa shape index (κ2) is 10.0. The zero-order valence-electron chi connectivity index (χ0n) is 17.8. The first kappa shape index (κ1) is 24.1. The van der Waals surface area contributed by atoms with Gasteiger partial charge < -0.3 is 10.1 Å². The molecule has 0 unspecified atom stereocenters. The van der Waals surface area contributed by atoms with Crippen molar-refractivity contribution in [2.75, 3.05) is 22.8 Å². The monoisotopic (exact) mass is 518 g/mol. The Morgan fingerprint density at radius 2 is 1.74 bits per heavy atom. The fraction of sp³-hybridized carbons (Fsp3) is 0.167. The third kappa shape index (κ3) is 5.19. The van der Waals surface area contributed by atoms with Gasteiger partial charge in [-0.25, -0.2) is 13.2 Å². The Hall–Kier alpha value is -3.07. The molecule has 3 aromatic carbocycles. The van der Waals surface area contributed by atoms with Crippen molar-refractivity contribution < 1.29 is 22.7 Å². The maximum Gasteiger partial charge on any atom is 0.338 e. The Morgan fingerprint density at radius 1 is 1.00 bits per heavy atom. The van der Waals surface area contributed by atoms with Crippen molar-refractivity contribution in [3.63, 3.8) is 0 Å². The van der Waals surface area contributed by atoms with Gasteiger partial charge in [-0.3, -0.25) is 9.10 Å². The minimum atomic E-state index is -3.79. The van der Waals surface area contributed by atoms with E-state index in [0.717, 1.165) is 18.4 Å². The maximum absolute atomic E-state index is 13.2. The van der Waals surface area contributed by atoms with Gasteiger partial charge >= 0.3 is 5.97 Å². The van der Waals surface area contributed by atoms with Crippen LogP contribution in [-0.4, -0.2) is 33.4 Å². The molecule has 1 amide bonds. The number of esters is 1. The number of fused-ring (bicyclic) bond motifs is 1. The van der Waals surface area contributed by atoms with Gasteiger partial charge in [-0.1, -0.05) is 41.4 Å². The van der Waals surface area contributed by atoms with Gasteiger partial charge in [-0.05, 0) is 66.9 Å². The molecule has 0 radical (unpaired) electrons.